The van der Waals surface area contributed by atoms with Gasteiger partial charge in [-0.2, -0.15) is 23.3 Å². The fourth-order valence-corrected chi connectivity index (χ4v) is 4.89. The molecule has 1 saturated carbocycles. The van der Waals surface area contributed by atoms with Gasteiger partial charge in [0.1, 0.15) is 5.69 Å². The molecule has 1 aliphatic carbocycles. The Hall–Kier alpha value is -3.02. The Labute approximate surface area is 185 Å². The summed E-state index contributed by atoms with van der Waals surface area (Å²) in [4.78, 5) is 11.0. The van der Waals surface area contributed by atoms with E-state index in [0.29, 0.717) is 18.6 Å². The molecule has 12 heteroatoms. The number of rotatable bonds is 2. The Morgan fingerprint density at radius 3 is 2.58 bits per heavy atom. The van der Waals surface area contributed by atoms with E-state index >= 15 is 0 Å². The van der Waals surface area contributed by atoms with Crippen molar-refractivity contribution in [2.75, 3.05) is 24.5 Å². The van der Waals surface area contributed by atoms with Crippen LogP contribution in [0.3, 0.4) is 0 Å². The van der Waals surface area contributed by atoms with E-state index in [0.717, 1.165) is 38.8 Å². The minimum absolute atomic E-state index is 0.0248. The minimum atomic E-state index is -5.13. The third-order valence-electron chi connectivity index (χ3n) is 6.52. The molecule has 3 heterocycles. The van der Waals surface area contributed by atoms with Crippen LogP contribution in [0.15, 0.2) is 12.3 Å². The number of hydrogen-bond acceptors (Lipinski definition) is 6. The van der Waals surface area contributed by atoms with Crippen molar-refractivity contribution in [3.63, 3.8) is 0 Å². The van der Waals surface area contributed by atoms with Gasteiger partial charge in [0.05, 0.1) is 10.9 Å². The predicted molar refractivity (Wildman–Crippen MR) is 110 cm³/mol. The highest BCUT2D eigenvalue weighted by Gasteiger charge is 2.39. The normalized spacial score (nSPS) is 18.5. The number of nitrogens with zero attached hydrogens (tertiary/aromatic N) is 5. The maximum atomic E-state index is 14.6. The van der Waals surface area contributed by atoms with Crippen molar-refractivity contribution in [2.24, 2.45) is 7.05 Å². The first-order valence-electron chi connectivity index (χ1n) is 10.6. The van der Waals surface area contributed by atoms with E-state index in [2.05, 4.69) is 25.3 Å². The lowest BCUT2D eigenvalue weighted by Gasteiger charge is -2.41. The summed E-state index contributed by atoms with van der Waals surface area (Å²) in [5.74, 6) is -4.86. The molecule has 0 radical (unpaired) electrons. The lowest BCUT2D eigenvalue weighted by atomic mass is 9.95. The Balaban J connectivity index is 1.58. The molecule has 2 aliphatic rings. The molecule has 3 aromatic rings. The number of hydrogen-bond donors (Lipinski definition) is 2. The van der Waals surface area contributed by atoms with Crippen LogP contribution in [0.2, 0.25) is 0 Å². The molecule has 176 valence electrons. The molecule has 7 nitrogen and oxygen atoms in total. The maximum absolute atomic E-state index is 14.6. The number of benzene rings is 1. The molecule has 0 bridgehead atoms. The number of aromatic hydroxyl groups is 1. The first-order valence-corrected chi connectivity index (χ1v) is 10.6. The number of aromatic nitrogens is 4. The third-order valence-corrected chi connectivity index (χ3v) is 6.52. The van der Waals surface area contributed by atoms with Gasteiger partial charge in [-0.15, -0.1) is 0 Å². The predicted octanol–water partition coefficient (Wildman–Crippen LogP) is 3.76. The second-order valence-electron chi connectivity index (χ2n) is 8.66. The number of phenolic OH excluding ortho intramolecular Hbond substituents is 1. The third kappa shape index (κ3) is 3.56. The topological polar surface area (TPSA) is 79.1 Å². The van der Waals surface area contributed by atoms with E-state index < -0.39 is 34.7 Å². The van der Waals surface area contributed by atoms with Gasteiger partial charge in [-0.3, -0.25) is 0 Å². The molecule has 2 N–H and O–H groups in total. The highest BCUT2D eigenvalue weighted by molar-refractivity contribution is 5.91. The Morgan fingerprint density at radius 2 is 1.88 bits per heavy atom. The van der Waals surface area contributed by atoms with Crippen LogP contribution < -0.4 is 10.2 Å². The van der Waals surface area contributed by atoms with Crippen LogP contribution >= 0.6 is 0 Å². The van der Waals surface area contributed by atoms with E-state index in [1.54, 1.807) is 0 Å². The van der Waals surface area contributed by atoms with Crippen molar-refractivity contribution < 1.29 is 27.1 Å². The van der Waals surface area contributed by atoms with Crippen LogP contribution in [-0.4, -0.2) is 50.0 Å². The second kappa shape index (κ2) is 7.51. The summed E-state index contributed by atoms with van der Waals surface area (Å²) in [6.07, 6.45) is 0.684. The monoisotopic (exact) mass is 468 g/mol. The molecule has 1 aliphatic heterocycles. The molecular formula is C21H21F5N6O. The Morgan fingerprint density at radius 1 is 1.15 bits per heavy atom. The molecule has 2 aromatic heterocycles. The van der Waals surface area contributed by atoms with Gasteiger partial charge in [-0.25, -0.2) is 18.4 Å². The summed E-state index contributed by atoms with van der Waals surface area (Å²) in [5, 5.41) is 17.6. The zero-order valence-corrected chi connectivity index (χ0v) is 17.7. The quantitative estimate of drug-likeness (QED) is 0.558. The molecular weight excluding hydrogens is 447 g/mol. The molecule has 1 spiro atoms. The average Bonchev–Trinajstić information content (AvgIpc) is 3.35. The molecule has 0 unspecified atom stereocenters. The minimum Gasteiger partial charge on any atom is -0.503 e. The number of anilines is 1. The molecule has 2 fully saturated rings. The van der Waals surface area contributed by atoms with Crippen molar-refractivity contribution in [2.45, 2.75) is 37.4 Å². The molecule has 0 atom stereocenters. The maximum Gasteiger partial charge on any atom is 0.419 e. The summed E-state index contributed by atoms with van der Waals surface area (Å²) in [5.41, 5.74) is -2.38. The number of alkyl halides is 3. The van der Waals surface area contributed by atoms with E-state index in [1.807, 2.05) is 0 Å². The summed E-state index contributed by atoms with van der Waals surface area (Å²) >= 11 is 0. The summed E-state index contributed by atoms with van der Waals surface area (Å²) in [6, 6.07) is 0.306. The van der Waals surface area contributed by atoms with Gasteiger partial charge >= 0.3 is 6.18 Å². The van der Waals surface area contributed by atoms with Crippen molar-refractivity contribution in [3.8, 4) is 17.0 Å². The van der Waals surface area contributed by atoms with Gasteiger partial charge in [-0.1, -0.05) is 12.8 Å². The lowest BCUT2D eigenvalue weighted by Crippen LogP contribution is -2.59. The summed E-state index contributed by atoms with van der Waals surface area (Å²) in [7, 11) is 1.52. The molecule has 0 amide bonds. The van der Waals surface area contributed by atoms with Gasteiger partial charge in [0.2, 0.25) is 5.95 Å². The van der Waals surface area contributed by atoms with Gasteiger partial charge in [-0.05, 0) is 18.9 Å². The number of piperazine rings is 1. The highest BCUT2D eigenvalue weighted by atomic mass is 19.4. The Kier molecular flexibility index (Phi) is 4.96. The van der Waals surface area contributed by atoms with E-state index in [-0.39, 0.29) is 22.3 Å². The van der Waals surface area contributed by atoms with E-state index in [4.69, 9.17) is 0 Å². The standard InChI is InChI=1S/C21H21F5N6O/c1-31-18-12(9-27-19(29-18)32-7-6-28-20(10-32)4-2-3-5-20)16(30-31)11-8-13(21(24,25)26)15(23)17(33)14(11)22/h8-9,28,33H,2-7,10H2,1H3. The van der Waals surface area contributed by atoms with E-state index in [1.165, 1.54) is 17.9 Å². The first kappa shape index (κ1) is 21.8. The van der Waals surface area contributed by atoms with Gasteiger partial charge in [0.25, 0.3) is 0 Å². The molecule has 1 aromatic carbocycles. The number of aryl methyl sites for hydroxylation is 1. The highest BCUT2D eigenvalue weighted by Crippen LogP contribution is 2.41. The first-order chi connectivity index (χ1) is 15.6. The Bertz CT molecular complexity index is 1230. The van der Waals surface area contributed by atoms with Crippen LogP contribution in [0.25, 0.3) is 22.3 Å². The van der Waals surface area contributed by atoms with E-state index in [9.17, 15) is 27.1 Å². The smallest absolute Gasteiger partial charge is 0.419 e. The zero-order valence-electron chi connectivity index (χ0n) is 17.7. The van der Waals surface area contributed by atoms with Crippen LogP contribution in [0.4, 0.5) is 27.9 Å². The summed E-state index contributed by atoms with van der Waals surface area (Å²) < 4.78 is 69.5. The van der Waals surface area contributed by atoms with Crippen molar-refractivity contribution in [1.82, 2.24) is 25.1 Å². The molecule has 5 rings (SSSR count). The van der Waals surface area contributed by atoms with Crippen LogP contribution in [-0.2, 0) is 13.2 Å². The fourth-order valence-electron chi connectivity index (χ4n) is 4.89. The van der Waals surface area contributed by atoms with Crippen molar-refractivity contribution in [3.05, 3.63) is 29.5 Å². The SMILES string of the molecule is Cn1nc(-c2cc(C(F)(F)F)c(F)c(O)c2F)c2cnc(N3CCNC4(CCCC4)C3)nc21. The van der Waals surface area contributed by atoms with Gasteiger partial charge in [0, 0.05) is 44.0 Å². The zero-order chi connectivity index (χ0) is 23.5. The van der Waals surface area contributed by atoms with Crippen molar-refractivity contribution >= 4 is 17.0 Å². The van der Waals surface area contributed by atoms with Crippen LogP contribution in [0, 0.1) is 11.6 Å². The fraction of sp³-hybridized carbons (Fsp3) is 0.476. The lowest BCUT2D eigenvalue weighted by molar-refractivity contribution is -0.140. The van der Waals surface area contributed by atoms with Gasteiger partial charge in [0.15, 0.2) is 23.0 Å². The summed E-state index contributed by atoms with van der Waals surface area (Å²) in [6.45, 7) is 2.20. The number of phenols is 1. The van der Waals surface area contributed by atoms with Crippen LogP contribution in [0.5, 0.6) is 5.75 Å². The average molecular weight is 468 g/mol. The van der Waals surface area contributed by atoms with Crippen LogP contribution in [0.1, 0.15) is 31.2 Å². The number of nitrogens with one attached hydrogen (secondary N) is 1. The molecule has 1 saturated heterocycles. The van der Waals surface area contributed by atoms with Gasteiger partial charge < -0.3 is 15.3 Å². The largest absolute Gasteiger partial charge is 0.503 e. The second-order valence-corrected chi connectivity index (χ2v) is 8.66. The molecule has 33 heavy (non-hydrogen) atoms. The van der Waals surface area contributed by atoms with Crippen molar-refractivity contribution in [1.29, 1.82) is 0 Å². The number of halogens is 5. The number of fused-ring (bicyclic) bond motifs is 1.